The second-order valence-electron chi connectivity index (χ2n) is 5.99. The van der Waals surface area contributed by atoms with Gasteiger partial charge in [-0.25, -0.2) is 8.78 Å². The van der Waals surface area contributed by atoms with Crippen LogP contribution in [0.1, 0.15) is 13.3 Å². The molecule has 0 saturated heterocycles. The highest BCUT2D eigenvalue weighted by Crippen LogP contribution is 2.37. The minimum atomic E-state index is -0.961. The molecule has 27 heavy (non-hydrogen) atoms. The van der Waals surface area contributed by atoms with E-state index in [9.17, 15) is 13.6 Å². The first-order valence-corrected chi connectivity index (χ1v) is 8.94. The maximum Gasteiger partial charge on any atom is 0.243 e. The SMILES string of the molecule is CCN(CC(=O)Nc1cc2c(cc1Cl)OCCCO2)c1ccc(F)c(F)c1. The molecular formula is C19H19ClF2N2O3. The zero-order valence-corrected chi connectivity index (χ0v) is 15.5. The van der Waals surface area contributed by atoms with Crippen LogP contribution in [0.25, 0.3) is 0 Å². The molecule has 1 N–H and O–H groups in total. The van der Waals surface area contributed by atoms with Gasteiger partial charge in [-0.05, 0) is 19.1 Å². The van der Waals surface area contributed by atoms with Crippen LogP contribution in [-0.2, 0) is 4.79 Å². The zero-order chi connectivity index (χ0) is 19.4. The Morgan fingerprint density at radius 1 is 1.15 bits per heavy atom. The number of fused-ring (bicyclic) bond motifs is 1. The Hall–Kier alpha value is -2.54. The van der Waals surface area contributed by atoms with E-state index >= 15 is 0 Å². The molecule has 1 amide bonds. The number of likely N-dealkylation sites (N-methyl/N-ethyl adjacent to an activating group) is 1. The molecule has 0 saturated carbocycles. The van der Waals surface area contributed by atoms with Crippen LogP contribution >= 0.6 is 11.6 Å². The van der Waals surface area contributed by atoms with Gasteiger partial charge in [-0.2, -0.15) is 0 Å². The largest absolute Gasteiger partial charge is 0.490 e. The van der Waals surface area contributed by atoms with E-state index in [2.05, 4.69) is 5.32 Å². The molecule has 3 rings (SSSR count). The van der Waals surface area contributed by atoms with Gasteiger partial charge in [0.05, 0.1) is 30.5 Å². The third-order valence-electron chi connectivity index (χ3n) is 4.10. The van der Waals surface area contributed by atoms with Crippen molar-refractivity contribution in [3.63, 3.8) is 0 Å². The Bertz CT molecular complexity index is 848. The lowest BCUT2D eigenvalue weighted by Gasteiger charge is -2.23. The second-order valence-corrected chi connectivity index (χ2v) is 6.40. The van der Waals surface area contributed by atoms with E-state index in [1.54, 1.807) is 17.0 Å². The first-order chi connectivity index (χ1) is 13.0. The van der Waals surface area contributed by atoms with Gasteiger partial charge in [-0.3, -0.25) is 4.79 Å². The lowest BCUT2D eigenvalue weighted by Crippen LogP contribution is -2.33. The number of hydrogen-bond donors (Lipinski definition) is 1. The van der Waals surface area contributed by atoms with Crippen molar-refractivity contribution in [3.05, 3.63) is 47.0 Å². The monoisotopic (exact) mass is 396 g/mol. The Morgan fingerprint density at radius 3 is 2.52 bits per heavy atom. The molecule has 0 radical (unpaired) electrons. The van der Waals surface area contributed by atoms with Gasteiger partial charge in [0, 0.05) is 36.9 Å². The summed E-state index contributed by atoms with van der Waals surface area (Å²) >= 11 is 6.23. The van der Waals surface area contributed by atoms with Crippen LogP contribution < -0.4 is 19.7 Å². The summed E-state index contributed by atoms with van der Waals surface area (Å²) in [5, 5.41) is 3.05. The van der Waals surface area contributed by atoms with Crippen molar-refractivity contribution in [1.29, 1.82) is 0 Å². The van der Waals surface area contributed by atoms with Crippen LogP contribution in [0.15, 0.2) is 30.3 Å². The van der Waals surface area contributed by atoms with Crippen molar-refractivity contribution < 1.29 is 23.0 Å². The number of amides is 1. The summed E-state index contributed by atoms with van der Waals surface area (Å²) in [5.41, 5.74) is 0.809. The van der Waals surface area contributed by atoms with Gasteiger partial charge in [0.2, 0.25) is 5.91 Å². The van der Waals surface area contributed by atoms with E-state index in [1.165, 1.54) is 6.07 Å². The summed E-state index contributed by atoms with van der Waals surface area (Å²) in [6.07, 6.45) is 0.758. The third kappa shape index (κ3) is 4.60. The number of benzene rings is 2. The number of carbonyl (C=O) groups is 1. The number of halogens is 3. The summed E-state index contributed by atoms with van der Waals surface area (Å²) in [5.74, 6) is -1.19. The van der Waals surface area contributed by atoms with E-state index < -0.39 is 11.6 Å². The molecule has 1 aliphatic heterocycles. The molecule has 0 fully saturated rings. The van der Waals surface area contributed by atoms with Gasteiger partial charge in [0.15, 0.2) is 23.1 Å². The molecule has 1 aliphatic rings. The van der Waals surface area contributed by atoms with E-state index in [0.29, 0.717) is 47.7 Å². The van der Waals surface area contributed by atoms with Gasteiger partial charge in [-0.1, -0.05) is 11.6 Å². The molecular weight excluding hydrogens is 378 g/mol. The van der Waals surface area contributed by atoms with Crippen molar-refractivity contribution in [3.8, 4) is 11.5 Å². The molecule has 0 unspecified atom stereocenters. The molecule has 8 heteroatoms. The van der Waals surface area contributed by atoms with Crippen LogP contribution in [0.4, 0.5) is 20.2 Å². The highest BCUT2D eigenvalue weighted by atomic mass is 35.5. The molecule has 0 spiro atoms. The average molecular weight is 397 g/mol. The maximum atomic E-state index is 13.5. The first-order valence-electron chi connectivity index (χ1n) is 8.57. The van der Waals surface area contributed by atoms with E-state index in [0.717, 1.165) is 18.6 Å². The fraction of sp³-hybridized carbons (Fsp3) is 0.316. The van der Waals surface area contributed by atoms with Crippen LogP contribution in [-0.4, -0.2) is 32.2 Å². The normalized spacial score (nSPS) is 13.0. The van der Waals surface area contributed by atoms with Gasteiger partial charge >= 0.3 is 0 Å². The lowest BCUT2D eigenvalue weighted by atomic mass is 10.2. The minimum Gasteiger partial charge on any atom is -0.490 e. The number of nitrogens with one attached hydrogen (secondary N) is 1. The van der Waals surface area contributed by atoms with Crippen LogP contribution in [0.5, 0.6) is 11.5 Å². The number of ether oxygens (including phenoxy) is 2. The maximum absolute atomic E-state index is 13.5. The fourth-order valence-electron chi connectivity index (χ4n) is 2.71. The molecule has 144 valence electrons. The van der Waals surface area contributed by atoms with Crippen molar-refractivity contribution in [2.24, 2.45) is 0 Å². The average Bonchev–Trinajstić information content (AvgIpc) is 2.87. The quantitative estimate of drug-likeness (QED) is 0.821. The summed E-state index contributed by atoms with van der Waals surface area (Å²) < 4.78 is 37.7. The van der Waals surface area contributed by atoms with Crippen molar-refractivity contribution in [2.75, 3.05) is 36.5 Å². The van der Waals surface area contributed by atoms with E-state index in [4.69, 9.17) is 21.1 Å². The van der Waals surface area contributed by atoms with Gasteiger partial charge in [-0.15, -0.1) is 0 Å². The van der Waals surface area contributed by atoms with Crippen LogP contribution in [0.2, 0.25) is 5.02 Å². The topological polar surface area (TPSA) is 50.8 Å². The summed E-state index contributed by atoms with van der Waals surface area (Å²) in [6, 6.07) is 6.74. The number of rotatable bonds is 5. The predicted molar refractivity (Wildman–Crippen MR) is 99.9 cm³/mol. The van der Waals surface area contributed by atoms with E-state index in [1.807, 2.05) is 6.92 Å². The minimum absolute atomic E-state index is 0.0493. The molecule has 2 aromatic carbocycles. The smallest absolute Gasteiger partial charge is 0.243 e. The van der Waals surface area contributed by atoms with Gasteiger partial charge in [0.1, 0.15) is 0 Å². The summed E-state index contributed by atoms with van der Waals surface area (Å²) in [7, 11) is 0. The zero-order valence-electron chi connectivity index (χ0n) is 14.7. The number of hydrogen-bond acceptors (Lipinski definition) is 4. The standard InChI is InChI=1S/C19H19ClF2N2O3/c1-2-24(12-4-5-14(21)15(22)8-12)11-19(25)23-16-10-18-17(9-13(16)20)26-6-3-7-27-18/h4-5,8-10H,2-3,6-7,11H2,1H3,(H,23,25). The first kappa shape index (κ1) is 19.2. The highest BCUT2D eigenvalue weighted by molar-refractivity contribution is 6.34. The highest BCUT2D eigenvalue weighted by Gasteiger charge is 2.17. The predicted octanol–water partition coefficient (Wildman–Crippen LogP) is 4.24. The Balaban J connectivity index is 1.72. The summed E-state index contributed by atoms with van der Waals surface area (Å²) in [4.78, 5) is 14.1. The molecule has 1 heterocycles. The molecule has 2 aromatic rings. The summed E-state index contributed by atoms with van der Waals surface area (Å²) in [6.45, 7) is 3.26. The Morgan fingerprint density at radius 2 is 1.85 bits per heavy atom. The molecule has 0 bridgehead atoms. The third-order valence-corrected chi connectivity index (χ3v) is 4.41. The molecule has 0 aliphatic carbocycles. The van der Waals surface area contributed by atoms with Crippen LogP contribution in [0.3, 0.4) is 0 Å². The number of nitrogens with zero attached hydrogens (tertiary/aromatic N) is 1. The molecule has 5 nitrogen and oxygen atoms in total. The second kappa shape index (κ2) is 8.43. The lowest BCUT2D eigenvalue weighted by molar-refractivity contribution is -0.115. The Kier molecular flexibility index (Phi) is 6.01. The fourth-order valence-corrected chi connectivity index (χ4v) is 2.91. The van der Waals surface area contributed by atoms with Gasteiger partial charge < -0.3 is 19.7 Å². The molecule has 0 aromatic heterocycles. The molecule has 0 atom stereocenters. The van der Waals surface area contributed by atoms with Crippen molar-refractivity contribution in [2.45, 2.75) is 13.3 Å². The van der Waals surface area contributed by atoms with Crippen LogP contribution in [0, 0.1) is 11.6 Å². The number of anilines is 2. The Labute approximate surface area is 160 Å². The van der Waals surface area contributed by atoms with Crippen molar-refractivity contribution >= 4 is 28.9 Å². The van der Waals surface area contributed by atoms with Crippen molar-refractivity contribution in [1.82, 2.24) is 0 Å². The van der Waals surface area contributed by atoms with E-state index in [-0.39, 0.29) is 12.5 Å². The van der Waals surface area contributed by atoms with Gasteiger partial charge in [0.25, 0.3) is 0 Å². The number of carbonyl (C=O) groups excluding carboxylic acids is 1.